The van der Waals surface area contributed by atoms with Crippen LogP contribution < -0.4 is 5.32 Å². The number of aryl methyl sites for hydroxylation is 3. The molecule has 0 fully saturated rings. The molecule has 0 aliphatic carbocycles. The maximum atomic E-state index is 4.68. The van der Waals surface area contributed by atoms with E-state index in [0.717, 1.165) is 13.0 Å². The fraction of sp³-hybridized carbons (Fsp3) is 0.538. The Morgan fingerprint density at radius 2 is 2.06 bits per heavy atom. The summed E-state index contributed by atoms with van der Waals surface area (Å²) in [6, 6.07) is 0.335. The molecule has 2 aromatic heterocycles. The van der Waals surface area contributed by atoms with Crippen LogP contribution in [0, 0.1) is 6.92 Å². The van der Waals surface area contributed by atoms with E-state index in [-0.39, 0.29) is 0 Å². The van der Waals surface area contributed by atoms with Crippen LogP contribution in [0.3, 0.4) is 0 Å². The zero-order valence-corrected chi connectivity index (χ0v) is 11.4. The van der Waals surface area contributed by atoms with Gasteiger partial charge in [0.1, 0.15) is 0 Å². The van der Waals surface area contributed by atoms with Crippen molar-refractivity contribution in [2.45, 2.75) is 26.3 Å². The number of nitrogens with zero attached hydrogens (tertiary/aromatic N) is 4. The first-order chi connectivity index (χ1) is 8.59. The van der Waals surface area contributed by atoms with Crippen molar-refractivity contribution >= 4 is 0 Å². The first-order valence-corrected chi connectivity index (χ1v) is 6.37. The maximum Gasteiger partial charge on any atom is 0.0898 e. The third-order valence-corrected chi connectivity index (χ3v) is 3.76. The maximum absolute atomic E-state index is 4.68. The molecular formula is C13H19N5. The Balaban J connectivity index is 2.25. The summed E-state index contributed by atoms with van der Waals surface area (Å²) in [5.41, 5.74) is 6.15. The highest BCUT2D eigenvalue weighted by Gasteiger charge is 2.26. The van der Waals surface area contributed by atoms with E-state index >= 15 is 0 Å². The van der Waals surface area contributed by atoms with Gasteiger partial charge < -0.3 is 5.32 Å². The van der Waals surface area contributed by atoms with Crippen LogP contribution in [0.5, 0.6) is 0 Å². The number of aromatic nitrogens is 4. The first-order valence-electron chi connectivity index (χ1n) is 6.37. The number of hydrogen-bond donors (Lipinski definition) is 1. The lowest BCUT2D eigenvalue weighted by atomic mass is 9.98. The van der Waals surface area contributed by atoms with E-state index < -0.39 is 0 Å². The van der Waals surface area contributed by atoms with E-state index in [1.807, 2.05) is 29.7 Å². The minimum atomic E-state index is 0.335. The lowest BCUT2D eigenvalue weighted by Crippen LogP contribution is -2.27. The van der Waals surface area contributed by atoms with Crippen LogP contribution >= 0.6 is 0 Å². The molecule has 1 aliphatic rings. The van der Waals surface area contributed by atoms with Gasteiger partial charge in [0, 0.05) is 25.7 Å². The van der Waals surface area contributed by atoms with Gasteiger partial charge in [0.05, 0.1) is 23.3 Å². The van der Waals surface area contributed by atoms with Crippen molar-refractivity contribution in [1.82, 2.24) is 24.9 Å². The van der Waals surface area contributed by atoms with E-state index in [1.54, 1.807) is 0 Å². The second-order valence-corrected chi connectivity index (χ2v) is 5.06. The molecule has 1 N–H and O–H groups in total. The second-order valence-electron chi connectivity index (χ2n) is 5.06. The Morgan fingerprint density at radius 3 is 2.72 bits per heavy atom. The van der Waals surface area contributed by atoms with E-state index in [1.165, 1.54) is 28.2 Å². The van der Waals surface area contributed by atoms with Gasteiger partial charge in [-0.25, -0.2) is 0 Å². The van der Waals surface area contributed by atoms with Gasteiger partial charge >= 0.3 is 0 Å². The molecule has 3 heterocycles. The quantitative estimate of drug-likeness (QED) is 0.824. The molecule has 0 saturated carbocycles. The van der Waals surface area contributed by atoms with Crippen molar-refractivity contribution in [3.63, 3.8) is 0 Å². The molecule has 5 nitrogen and oxygen atoms in total. The summed E-state index contributed by atoms with van der Waals surface area (Å²) in [6.07, 6.45) is 2.95. The third-order valence-electron chi connectivity index (χ3n) is 3.76. The molecule has 0 radical (unpaired) electrons. The van der Waals surface area contributed by atoms with Gasteiger partial charge in [0.15, 0.2) is 0 Å². The van der Waals surface area contributed by atoms with Crippen molar-refractivity contribution < 1.29 is 0 Å². The predicted molar refractivity (Wildman–Crippen MR) is 70.3 cm³/mol. The fourth-order valence-electron chi connectivity index (χ4n) is 2.88. The van der Waals surface area contributed by atoms with Crippen molar-refractivity contribution in [2.24, 2.45) is 14.1 Å². The Hall–Kier alpha value is -1.62. The minimum absolute atomic E-state index is 0.335. The zero-order chi connectivity index (χ0) is 12.9. The van der Waals surface area contributed by atoms with E-state index in [4.69, 9.17) is 0 Å². The van der Waals surface area contributed by atoms with Crippen molar-refractivity contribution in [3.05, 3.63) is 23.0 Å². The molecule has 0 unspecified atom stereocenters. The number of hydrogen-bond acceptors (Lipinski definition) is 3. The van der Waals surface area contributed by atoms with Crippen LogP contribution in [0.25, 0.3) is 11.4 Å². The van der Waals surface area contributed by atoms with Gasteiger partial charge in [-0.3, -0.25) is 9.36 Å². The molecule has 1 aliphatic heterocycles. The van der Waals surface area contributed by atoms with Crippen LogP contribution in [-0.2, 0) is 20.5 Å². The Labute approximate surface area is 107 Å². The molecule has 0 aromatic carbocycles. The zero-order valence-electron chi connectivity index (χ0n) is 11.4. The van der Waals surface area contributed by atoms with Crippen LogP contribution in [-0.4, -0.2) is 26.1 Å². The summed E-state index contributed by atoms with van der Waals surface area (Å²) in [5, 5.41) is 12.5. The lowest BCUT2D eigenvalue weighted by molar-refractivity contribution is 0.525. The highest BCUT2D eigenvalue weighted by atomic mass is 15.3. The van der Waals surface area contributed by atoms with Gasteiger partial charge in [-0.15, -0.1) is 0 Å². The second kappa shape index (κ2) is 3.95. The largest absolute Gasteiger partial charge is 0.308 e. The van der Waals surface area contributed by atoms with Crippen LogP contribution in [0.4, 0.5) is 0 Å². The standard InChI is InChI=1S/C13H19N5/c1-8-7-15-17(3)12(8)13-10-5-6-14-9(2)11(10)16-18(13)4/h7,9,14H,5-6H2,1-4H3/t9-/m0/s1. The lowest BCUT2D eigenvalue weighted by Gasteiger charge is -2.19. The summed E-state index contributed by atoms with van der Waals surface area (Å²) < 4.78 is 3.94. The molecule has 0 amide bonds. The van der Waals surface area contributed by atoms with E-state index in [0.29, 0.717) is 6.04 Å². The average molecular weight is 245 g/mol. The molecule has 3 rings (SSSR count). The van der Waals surface area contributed by atoms with Gasteiger partial charge in [0.25, 0.3) is 0 Å². The van der Waals surface area contributed by atoms with Gasteiger partial charge in [-0.2, -0.15) is 10.2 Å². The molecule has 2 aromatic rings. The normalized spacial score (nSPS) is 19.0. The summed E-state index contributed by atoms with van der Waals surface area (Å²) in [6.45, 7) is 5.29. The fourth-order valence-corrected chi connectivity index (χ4v) is 2.88. The highest BCUT2D eigenvalue weighted by Crippen LogP contribution is 2.32. The van der Waals surface area contributed by atoms with Crippen molar-refractivity contribution in [1.29, 1.82) is 0 Å². The Bertz CT molecular complexity index is 573. The van der Waals surface area contributed by atoms with Gasteiger partial charge in [-0.05, 0) is 32.4 Å². The van der Waals surface area contributed by atoms with Crippen LogP contribution in [0.1, 0.15) is 29.8 Å². The molecule has 96 valence electrons. The molecular weight excluding hydrogens is 226 g/mol. The summed E-state index contributed by atoms with van der Waals surface area (Å²) in [5.74, 6) is 0. The SMILES string of the molecule is Cc1cnn(C)c1-c1c2c(nn1C)[C@H](C)NCC2. The molecule has 0 bridgehead atoms. The number of nitrogens with one attached hydrogen (secondary N) is 1. The van der Waals surface area contributed by atoms with Gasteiger partial charge in [-0.1, -0.05) is 0 Å². The topological polar surface area (TPSA) is 47.7 Å². The van der Waals surface area contributed by atoms with E-state index in [2.05, 4.69) is 29.4 Å². The van der Waals surface area contributed by atoms with Gasteiger partial charge in [0.2, 0.25) is 0 Å². The average Bonchev–Trinajstić information content (AvgIpc) is 2.81. The predicted octanol–water partition coefficient (Wildman–Crippen LogP) is 1.34. The molecule has 1 atom stereocenters. The summed E-state index contributed by atoms with van der Waals surface area (Å²) in [4.78, 5) is 0. The van der Waals surface area contributed by atoms with Crippen molar-refractivity contribution in [3.8, 4) is 11.4 Å². The summed E-state index contributed by atoms with van der Waals surface area (Å²) >= 11 is 0. The molecule has 0 spiro atoms. The molecule has 5 heteroatoms. The van der Waals surface area contributed by atoms with Crippen LogP contribution in [0.2, 0.25) is 0 Å². The monoisotopic (exact) mass is 245 g/mol. The van der Waals surface area contributed by atoms with E-state index in [9.17, 15) is 0 Å². The minimum Gasteiger partial charge on any atom is -0.308 e. The third kappa shape index (κ3) is 1.50. The smallest absolute Gasteiger partial charge is 0.0898 e. The highest BCUT2D eigenvalue weighted by molar-refractivity contribution is 5.65. The Morgan fingerprint density at radius 1 is 1.28 bits per heavy atom. The number of rotatable bonds is 1. The molecule has 0 saturated heterocycles. The van der Waals surface area contributed by atoms with Crippen LogP contribution in [0.15, 0.2) is 6.20 Å². The number of fused-ring (bicyclic) bond motifs is 1. The summed E-state index contributed by atoms with van der Waals surface area (Å²) in [7, 11) is 4.01. The first kappa shape index (κ1) is 11.5. The van der Waals surface area contributed by atoms with Crippen molar-refractivity contribution in [2.75, 3.05) is 6.54 Å². The Kier molecular flexibility index (Phi) is 2.52. The molecule has 18 heavy (non-hydrogen) atoms.